The summed E-state index contributed by atoms with van der Waals surface area (Å²) < 4.78 is 1.81. The van der Waals surface area contributed by atoms with E-state index in [9.17, 15) is 9.90 Å². The van der Waals surface area contributed by atoms with Crippen LogP contribution in [-0.4, -0.2) is 32.7 Å². The predicted molar refractivity (Wildman–Crippen MR) is 86.2 cm³/mol. The largest absolute Gasteiger partial charge is 0.388 e. The molecule has 0 saturated carbocycles. The van der Waals surface area contributed by atoms with E-state index in [1.54, 1.807) is 23.3 Å². The van der Waals surface area contributed by atoms with Gasteiger partial charge in [0.2, 0.25) is 0 Å². The highest BCUT2D eigenvalue weighted by Gasteiger charge is 2.23. The number of carbonyl (C=O) groups excluding carboxylic acids is 1. The molecule has 0 unspecified atom stereocenters. The number of carbonyl (C=O) groups is 1. The summed E-state index contributed by atoms with van der Waals surface area (Å²) in [7, 11) is 0. The first-order valence-corrected chi connectivity index (χ1v) is 7.58. The highest BCUT2D eigenvalue weighted by Crippen LogP contribution is 2.18. The van der Waals surface area contributed by atoms with Crippen LogP contribution in [0.5, 0.6) is 0 Å². The molecule has 118 valence electrons. The molecule has 0 atom stereocenters. The van der Waals surface area contributed by atoms with Gasteiger partial charge in [0, 0.05) is 18.9 Å². The SMILES string of the molecule is CCC(O)(CC)CNC(=O)c1cc(C)ccc1-n1ccnc1. The highest BCUT2D eigenvalue weighted by atomic mass is 16.3. The summed E-state index contributed by atoms with van der Waals surface area (Å²) in [4.78, 5) is 16.6. The molecule has 1 amide bonds. The Morgan fingerprint density at radius 1 is 1.36 bits per heavy atom. The maximum Gasteiger partial charge on any atom is 0.253 e. The molecule has 0 aliphatic carbocycles. The topological polar surface area (TPSA) is 67.2 Å². The van der Waals surface area contributed by atoms with Crippen LogP contribution >= 0.6 is 0 Å². The van der Waals surface area contributed by atoms with Crippen LogP contribution in [0.15, 0.2) is 36.9 Å². The fourth-order valence-corrected chi connectivity index (χ4v) is 2.30. The van der Waals surface area contributed by atoms with Crippen LogP contribution in [0.3, 0.4) is 0 Å². The lowest BCUT2D eigenvalue weighted by Gasteiger charge is -2.25. The van der Waals surface area contributed by atoms with Gasteiger partial charge in [-0.1, -0.05) is 25.5 Å². The minimum absolute atomic E-state index is 0.187. The Hall–Kier alpha value is -2.14. The third-order valence-electron chi connectivity index (χ3n) is 4.07. The molecule has 2 aromatic rings. The first-order chi connectivity index (χ1) is 10.5. The first kappa shape index (κ1) is 16.2. The molecule has 2 rings (SSSR count). The molecule has 0 saturated heterocycles. The lowest BCUT2D eigenvalue weighted by molar-refractivity contribution is 0.0314. The van der Waals surface area contributed by atoms with Gasteiger partial charge in [-0.3, -0.25) is 4.79 Å². The molecule has 1 aromatic carbocycles. The molecule has 0 fully saturated rings. The molecule has 0 aliphatic heterocycles. The number of aromatic nitrogens is 2. The van der Waals surface area contributed by atoms with E-state index in [0.29, 0.717) is 18.4 Å². The molecule has 5 heteroatoms. The van der Waals surface area contributed by atoms with Crippen molar-refractivity contribution in [2.24, 2.45) is 0 Å². The Morgan fingerprint density at radius 3 is 2.68 bits per heavy atom. The number of hydrogen-bond donors (Lipinski definition) is 2. The van der Waals surface area contributed by atoms with Gasteiger partial charge in [0.1, 0.15) is 0 Å². The van der Waals surface area contributed by atoms with Gasteiger partial charge in [0.25, 0.3) is 5.91 Å². The molecule has 1 heterocycles. The summed E-state index contributed by atoms with van der Waals surface area (Å²) in [6.07, 6.45) is 6.35. The quantitative estimate of drug-likeness (QED) is 0.861. The third-order valence-corrected chi connectivity index (χ3v) is 4.07. The predicted octanol–water partition coefficient (Wildman–Crippen LogP) is 2.46. The van der Waals surface area contributed by atoms with Crippen LogP contribution in [0, 0.1) is 6.92 Å². The van der Waals surface area contributed by atoms with Crippen LogP contribution in [0.2, 0.25) is 0 Å². The van der Waals surface area contributed by atoms with Crippen LogP contribution in [-0.2, 0) is 0 Å². The molecule has 1 aromatic heterocycles. The summed E-state index contributed by atoms with van der Waals surface area (Å²) in [6, 6.07) is 5.71. The van der Waals surface area contributed by atoms with Crippen LogP contribution in [0.25, 0.3) is 5.69 Å². The Labute approximate surface area is 131 Å². The summed E-state index contributed by atoms with van der Waals surface area (Å²) >= 11 is 0. The van der Waals surface area contributed by atoms with E-state index >= 15 is 0 Å². The van der Waals surface area contributed by atoms with Crippen molar-refractivity contribution in [2.75, 3.05) is 6.54 Å². The van der Waals surface area contributed by atoms with Gasteiger partial charge in [0.05, 0.1) is 23.2 Å². The normalized spacial score (nSPS) is 11.5. The monoisotopic (exact) mass is 301 g/mol. The maximum atomic E-state index is 12.5. The molecular formula is C17H23N3O2. The van der Waals surface area contributed by atoms with Gasteiger partial charge < -0.3 is 15.0 Å². The molecule has 0 aliphatic rings. The van der Waals surface area contributed by atoms with Gasteiger partial charge >= 0.3 is 0 Å². The molecular weight excluding hydrogens is 278 g/mol. The molecule has 2 N–H and O–H groups in total. The smallest absolute Gasteiger partial charge is 0.253 e. The number of aliphatic hydroxyl groups is 1. The number of nitrogens with zero attached hydrogens (tertiary/aromatic N) is 2. The van der Waals surface area contributed by atoms with E-state index in [4.69, 9.17) is 0 Å². The third kappa shape index (κ3) is 3.54. The van der Waals surface area contributed by atoms with Crippen molar-refractivity contribution in [1.82, 2.24) is 14.9 Å². The average Bonchev–Trinajstić information content (AvgIpc) is 3.06. The second-order valence-electron chi connectivity index (χ2n) is 5.60. The van der Waals surface area contributed by atoms with E-state index < -0.39 is 5.60 Å². The van der Waals surface area contributed by atoms with Crippen LogP contribution < -0.4 is 5.32 Å². The maximum absolute atomic E-state index is 12.5. The molecule has 0 spiro atoms. The number of hydrogen-bond acceptors (Lipinski definition) is 3. The summed E-state index contributed by atoms with van der Waals surface area (Å²) in [5.74, 6) is -0.187. The number of imidazole rings is 1. The lowest BCUT2D eigenvalue weighted by Crippen LogP contribution is -2.42. The van der Waals surface area contributed by atoms with Gasteiger partial charge in [0.15, 0.2) is 0 Å². The second-order valence-corrected chi connectivity index (χ2v) is 5.60. The van der Waals surface area contributed by atoms with Crippen molar-refractivity contribution in [3.8, 4) is 5.69 Å². The fraction of sp³-hybridized carbons (Fsp3) is 0.412. The summed E-state index contributed by atoms with van der Waals surface area (Å²) in [5, 5.41) is 13.2. The molecule has 22 heavy (non-hydrogen) atoms. The van der Waals surface area contributed by atoms with E-state index in [1.807, 2.05) is 39.0 Å². The van der Waals surface area contributed by atoms with Gasteiger partial charge in [-0.15, -0.1) is 0 Å². The van der Waals surface area contributed by atoms with E-state index in [-0.39, 0.29) is 12.5 Å². The van der Waals surface area contributed by atoms with E-state index in [1.165, 1.54) is 0 Å². The van der Waals surface area contributed by atoms with Crippen molar-refractivity contribution in [3.05, 3.63) is 48.0 Å². The molecule has 0 radical (unpaired) electrons. The zero-order valence-corrected chi connectivity index (χ0v) is 13.3. The highest BCUT2D eigenvalue weighted by molar-refractivity contribution is 5.98. The standard InChI is InChI=1S/C17H23N3O2/c1-4-17(22,5-2)11-19-16(21)14-10-13(3)6-7-15(14)20-9-8-18-12-20/h6-10,12,22H,4-5,11H2,1-3H3,(H,19,21). The van der Waals surface area contributed by atoms with Gasteiger partial charge in [-0.05, 0) is 31.9 Å². The van der Waals surface area contributed by atoms with Crippen LogP contribution in [0.1, 0.15) is 42.6 Å². The minimum Gasteiger partial charge on any atom is -0.388 e. The Bertz CT molecular complexity index is 631. The first-order valence-electron chi connectivity index (χ1n) is 7.58. The van der Waals surface area contributed by atoms with Gasteiger partial charge in [-0.25, -0.2) is 4.98 Å². The van der Waals surface area contributed by atoms with Crippen LogP contribution in [0.4, 0.5) is 0 Å². The number of benzene rings is 1. The van der Waals surface area contributed by atoms with Crippen molar-refractivity contribution in [2.45, 2.75) is 39.2 Å². The summed E-state index contributed by atoms with van der Waals surface area (Å²) in [6.45, 7) is 6.03. The molecule has 5 nitrogen and oxygen atoms in total. The number of amides is 1. The Kier molecular flexibility index (Phi) is 4.98. The zero-order chi connectivity index (χ0) is 16.2. The number of rotatable bonds is 6. The zero-order valence-electron chi connectivity index (χ0n) is 13.3. The lowest BCUT2D eigenvalue weighted by atomic mass is 9.97. The fourth-order valence-electron chi connectivity index (χ4n) is 2.30. The van der Waals surface area contributed by atoms with E-state index in [0.717, 1.165) is 11.3 Å². The van der Waals surface area contributed by atoms with Crippen molar-refractivity contribution >= 4 is 5.91 Å². The average molecular weight is 301 g/mol. The molecule has 0 bridgehead atoms. The number of nitrogens with one attached hydrogen (secondary N) is 1. The number of aryl methyl sites for hydroxylation is 1. The second kappa shape index (κ2) is 6.75. The Morgan fingerprint density at radius 2 is 2.09 bits per heavy atom. The van der Waals surface area contributed by atoms with Crippen molar-refractivity contribution in [3.63, 3.8) is 0 Å². The minimum atomic E-state index is -0.853. The van der Waals surface area contributed by atoms with Crippen molar-refractivity contribution < 1.29 is 9.90 Å². The van der Waals surface area contributed by atoms with E-state index in [2.05, 4.69) is 10.3 Å². The van der Waals surface area contributed by atoms with Crippen molar-refractivity contribution in [1.29, 1.82) is 0 Å². The van der Waals surface area contributed by atoms with Gasteiger partial charge in [-0.2, -0.15) is 0 Å². The summed E-state index contributed by atoms with van der Waals surface area (Å²) in [5.41, 5.74) is 1.51. The Balaban J connectivity index is 2.24.